The van der Waals surface area contributed by atoms with Gasteiger partial charge in [0.25, 0.3) is 5.91 Å². The Kier molecular flexibility index (Phi) is 7.73. The lowest BCUT2D eigenvalue weighted by molar-refractivity contribution is -0.118. The lowest BCUT2D eigenvalue weighted by Crippen LogP contribution is -2.30. The van der Waals surface area contributed by atoms with Crippen molar-refractivity contribution < 1.29 is 23.7 Å². The topological polar surface area (TPSA) is 69.3 Å². The molecule has 4 aromatic rings. The van der Waals surface area contributed by atoms with Crippen LogP contribution in [-0.2, 0) is 42.3 Å². The summed E-state index contributed by atoms with van der Waals surface area (Å²) in [5.74, 6) is 2.03. The second kappa shape index (κ2) is 11.7. The van der Waals surface area contributed by atoms with Gasteiger partial charge in [-0.05, 0) is 88.1 Å². The minimum Gasteiger partial charge on any atom is -0.493 e. The van der Waals surface area contributed by atoms with Crippen LogP contribution in [-0.4, -0.2) is 38.2 Å². The number of fused-ring (bicyclic) bond motifs is 2. The van der Waals surface area contributed by atoms with Crippen molar-refractivity contribution in [3.05, 3.63) is 93.9 Å². The maximum atomic E-state index is 12.8. The van der Waals surface area contributed by atoms with E-state index in [4.69, 9.17) is 18.9 Å². The Morgan fingerprint density at radius 1 is 0.925 bits per heavy atom. The van der Waals surface area contributed by atoms with Crippen LogP contribution in [0.3, 0.4) is 0 Å². The summed E-state index contributed by atoms with van der Waals surface area (Å²) in [6.07, 6.45) is 0.921. The molecule has 3 heterocycles. The molecule has 0 bridgehead atoms. The molecule has 0 fully saturated rings. The first-order valence-corrected chi connectivity index (χ1v) is 14.2. The number of nitrogens with zero attached hydrogens (tertiary/aromatic N) is 1. The second-order valence-electron chi connectivity index (χ2n) is 10.0. The molecule has 40 heavy (non-hydrogen) atoms. The minimum atomic E-state index is -0.194. The molecule has 0 atom stereocenters. The van der Waals surface area contributed by atoms with Crippen LogP contribution in [0, 0.1) is 0 Å². The average molecular weight is 557 g/mol. The van der Waals surface area contributed by atoms with E-state index in [1.54, 1.807) is 25.6 Å². The highest BCUT2D eigenvalue weighted by molar-refractivity contribution is 7.13. The molecule has 1 aromatic heterocycles. The van der Waals surface area contributed by atoms with Gasteiger partial charge >= 0.3 is 0 Å². The smallest absolute Gasteiger partial charge is 0.262 e. The Morgan fingerprint density at radius 2 is 1.75 bits per heavy atom. The van der Waals surface area contributed by atoms with Crippen LogP contribution in [0.1, 0.15) is 27.8 Å². The standard InChI is InChI=1S/C32H32N2O5S/c1-36-29-14-21-9-10-34(16-24(21)15-30(29)37-2)17-25-12-22(31-4-3-11-40-31)6-8-28(25)39-20-32(35)33-27-7-5-23-18-38-19-26(23)13-27/h3-8,11-15H,9-10,16-20H2,1-2H3,(H,33,35). The van der Waals surface area contributed by atoms with Crippen molar-refractivity contribution in [2.45, 2.75) is 32.7 Å². The van der Waals surface area contributed by atoms with Gasteiger partial charge in [0.1, 0.15) is 5.75 Å². The highest BCUT2D eigenvalue weighted by Crippen LogP contribution is 2.35. The molecule has 1 N–H and O–H groups in total. The molecule has 0 aliphatic carbocycles. The highest BCUT2D eigenvalue weighted by Gasteiger charge is 2.21. The highest BCUT2D eigenvalue weighted by atomic mass is 32.1. The first-order valence-electron chi connectivity index (χ1n) is 13.3. The molecule has 0 spiro atoms. The fourth-order valence-corrected chi connectivity index (χ4v) is 6.07. The van der Waals surface area contributed by atoms with Gasteiger partial charge in [0, 0.05) is 35.8 Å². The molecule has 0 saturated carbocycles. The molecule has 8 heteroatoms. The van der Waals surface area contributed by atoms with Crippen molar-refractivity contribution in [3.63, 3.8) is 0 Å². The van der Waals surface area contributed by atoms with Gasteiger partial charge in [-0.25, -0.2) is 0 Å². The molecular weight excluding hydrogens is 524 g/mol. The Labute approximate surface area is 238 Å². The number of methoxy groups -OCH3 is 2. The van der Waals surface area contributed by atoms with Crippen LogP contribution in [0.25, 0.3) is 10.4 Å². The van der Waals surface area contributed by atoms with Crippen LogP contribution >= 0.6 is 11.3 Å². The van der Waals surface area contributed by atoms with E-state index in [1.165, 1.54) is 21.6 Å². The predicted octanol–water partition coefficient (Wildman–Crippen LogP) is 6.04. The third-order valence-electron chi connectivity index (χ3n) is 7.42. The van der Waals surface area contributed by atoms with Crippen molar-refractivity contribution in [2.24, 2.45) is 0 Å². The van der Waals surface area contributed by atoms with Gasteiger partial charge in [-0.3, -0.25) is 9.69 Å². The molecular formula is C32H32N2O5S. The van der Waals surface area contributed by atoms with E-state index in [0.29, 0.717) is 19.8 Å². The molecule has 6 rings (SSSR count). The summed E-state index contributed by atoms with van der Waals surface area (Å²) in [5, 5.41) is 5.04. The number of nitrogens with one attached hydrogen (secondary N) is 1. The largest absolute Gasteiger partial charge is 0.493 e. The van der Waals surface area contributed by atoms with E-state index in [1.807, 2.05) is 24.3 Å². The van der Waals surface area contributed by atoms with Crippen molar-refractivity contribution in [1.82, 2.24) is 4.90 Å². The van der Waals surface area contributed by atoms with Crippen molar-refractivity contribution >= 4 is 22.9 Å². The lowest BCUT2D eigenvalue weighted by atomic mass is 9.98. The van der Waals surface area contributed by atoms with Crippen LogP contribution in [0.5, 0.6) is 17.2 Å². The normalized spacial score (nSPS) is 14.3. The van der Waals surface area contributed by atoms with Gasteiger partial charge in [-0.2, -0.15) is 0 Å². The zero-order chi connectivity index (χ0) is 27.5. The summed E-state index contributed by atoms with van der Waals surface area (Å²) in [5.41, 5.74) is 7.76. The molecule has 0 radical (unpaired) electrons. The fourth-order valence-electron chi connectivity index (χ4n) is 5.35. The van der Waals surface area contributed by atoms with E-state index in [0.717, 1.165) is 59.1 Å². The summed E-state index contributed by atoms with van der Waals surface area (Å²) >= 11 is 1.71. The van der Waals surface area contributed by atoms with Gasteiger partial charge in [0.2, 0.25) is 0 Å². The van der Waals surface area contributed by atoms with Crippen molar-refractivity contribution in [3.8, 4) is 27.7 Å². The second-order valence-corrected chi connectivity index (χ2v) is 11.0. The lowest BCUT2D eigenvalue weighted by Gasteiger charge is -2.30. The number of thiophene rings is 1. The molecule has 2 aliphatic heterocycles. The summed E-state index contributed by atoms with van der Waals surface area (Å²) in [6, 6.07) is 20.5. The van der Waals surface area contributed by atoms with Crippen LogP contribution in [0.2, 0.25) is 0 Å². The molecule has 1 amide bonds. The third kappa shape index (κ3) is 5.70. The van der Waals surface area contributed by atoms with Gasteiger partial charge in [-0.1, -0.05) is 12.1 Å². The fraction of sp³-hybridized carbons (Fsp3) is 0.281. The van der Waals surface area contributed by atoms with Crippen molar-refractivity contribution in [2.75, 3.05) is 32.7 Å². The van der Waals surface area contributed by atoms with Gasteiger partial charge in [0.05, 0.1) is 27.4 Å². The quantitative estimate of drug-likeness (QED) is 0.271. The minimum absolute atomic E-state index is 0.0707. The number of ether oxygens (including phenoxy) is 4. The van der Waals surface area contributed by atoms with E-state index in [-0.39, 0.29) is 12.5 Å². The van der Waals surface area contributed by atoms with Crippen molar-refractivity contribution in [1.29, 1.82) is 0 Å². The Bertz CT molecular complexity index is 1520. The van der Waals surface area contributed by atoms with Gasteiger partial charge < -0.3 is 24.3 Å². The Balaban J connectivity index is 1.18. The predicted molar refractivity (Wildman–Crippen MR) is 156 cm³/mol. The van der Waals surface area contributed by atoms with Gasteiger partial charge in [0.15, 0.2) is 18.1 Å². The van der Waals surface area contributed by atoms with Crippen LogP contribution in [0.15, 0.2) is 66.0 Å². The van der Waals surface area contributed by atoms with Crippen LogP contribution < -0.4 is 19.5 Å². The number of rotatable bonds is 9. The molecule has 0 saturated heterocycles. The monoisotopic (exact) mass is 556 g/mol. The van der Waals surface area contributed by atoms with Crippen LogP contribution in [0.4, 0.5) is 5.69 Å². The van der Waals surface area contributed by atoms with E-state index in [2.05, 4.69) is 52.0 Å². The maximum absolute atomic E-state index is 12.8. The zero-order valence-electron chi connectivity index (χ0n) is 22.7. The molecule has 206 valence electrons. The summed E-state index contributed by atoms with van der Waals surface area (Å²) in [7, 11) is 3.34. The van der Waals surface area contributed by atoms with E-state index < -0.39 is 0 Å². The van der Waals surface area contributed by atoms with Gasteiger partial charge in [-0.15, -0.1) is 11.3 Å². The van der Waals surface area contributed by atoms with E-state index >= 15 is 0 Å². The molecule has 7 nitrogen and oxygen atoms in total. The molecule has 0 unspecified atom stereocenters. The number of anilines is 1. The summed E-state index contributed by atoms with van der Waals surface area (Å²) < 4.78 is 22.6. The Morgan fingerprint density at radius 3 is 2.55 bits per heavy atom. The van der Waals surface area contributed by atoms with E-state index in [9.17, 15) is 4.79 Å². The number of hydrogen-bond donors (Lipinski definition) is 1. The number of hydrogen-bond acceptors (Lipinski definition) is 7. The first kappa shape index (κ1) is 26.4. The first-order chi connectivity index (χ1) is 19.6. The number of amides is 1. The zero-order valence-corrected chi connectivity index (χ0v) is 23.5. The third-order valence-corrected chi connectivity index (χ3v) is 8.34. The SMILES string of the molecule is COc1cc2c(cc1OC)CN(Cc1cc(-c3cccs3)ccc1OCC(=O)Nc1ccc3c(c1)COC3)CC2. The number of benzene rings is 3. The average Bonchev–Trinajstić information content (AvgIpc) is 3.68. The number of carbonyl (C=O) groups excluding carboxylic acids is 1. The molecule has 3 aromatic carbocycles. The number of carbonyl (C=O) groups is 1. The summed E-state index contributed by atoms with van der Waals surface area (Å²) in [6.45, 7) is 3.54. The maximum Gasteiger partial charge on any atom is 0.262 e. The summed E-state index contributed by atoms with van der Waals surface area (Å²) in [4.78, 5) is 16.4. The Hall–Kier alpha value is -3.85. The molecule has 2 aliphatic rings.